The summed E-state index contributed by atoms with van der Waals surface area (Å²) in [7, 11) is 1.68. The second kappa shape index (κ2) is 8.76. The van der Waals surface area contributed by atoms with Gasteiger partial charge in [-0.05, 0) is 42.5 Å². The van der Waals surface area contributed by atoms with Crippen LogP contribution in [0.4, 0.5) is 0 Å². The minimum absolute atomic E-state index is 0. The van der Waals surface area contributed by atoms with E-state index in [-0.39, 0.29) is 24.8 Å². The van der Waals surface area contributed by atoms with E-state index in [1.807, 2.05) is 24.3 Å². The van der Waals surface area contributed by atoms with E-state index >= 15 is 0 Å². The summed E-state index contributed by atoms with van der Waals surface area (Å²) in [5, 5.41) is 7.67. The van der Waals surface area contributed by atoms with Crippen molar-refractivity contribution in [1.29, 1.82) is 0 Å². The highest BCUT2D eigenvalue weighted by molar-refractivity contribution is 6.03. The molecule has 8 heteroatoms. The Balaban J connectivity index is 0.00000120. The number of furan rings is 1. The molecule has 3 heterocycles. The third-order valence-electron chi connectivity index (χ3n) is 4.88. The van der Waals surface area contributed by atoms with Crippen molar-refractivity contribution in [1.82, 2.24) is 10.6 Å². The van der Waals surface area contributed by atoms with Gasteiger partial charge in [0.1, 0.15) is 28.8 Å². The van der Waals surface area contributed by atoms with Crippen molar-refractivity contribution in [2.24, 2.45) is 9.98 Å². The molecule has 0 aliphatic carbocycles. The van der Waals surface area contributed by atoms with Crippen LogP contribution in [0.3, 0.4) is 0 Å². The lowest BCUT2D eigenvalue weighted by atomic mass is 10.1. The van der Waals surface area contributed by atoms with Crippen LogP contribution in [0.1, 0.15) is 11.1 Å². The van der Waals surface area contributed by atoms with E-state index in [0.29, 0.717) is 0 Å². The number of nitrogens with one attached hydrogen (secondary N) is 2. The molecule has 0 saturated carbocycles. The first-order valence-corrected chi connectivity index (χ1v) is 9.11. The Hall–Kier alpha value is -2.70. The predicted molar refractivity (Wildman–Crippen MR) is 122 cm³/mol. The summed E-state index contributed by atoms with van der Waals surface area (Å²) in [6.07, 6.45) is 0. The molecule has 0 atom stereocenters. The maximum atomic E-state index is 6.13. The van der Waals surface area contributed by atoms with Crippen LogP contribution in [0.15, 0.2) is 56.9 Å². The topological polar surface area (TPSA) is 71.2 Å². The normalized spacial score (nSPS) is 14.9. The Bertz CT molecular complexity index is 1090. The molecule has 0 radical (unpaired) electrons. The van der Waals surface area contributed by atoms with E-state index in [1.54, 1.807) is 7.11 Å². The average Bonchev–Trinajstić information content (AvgIpc) is 3.48. The van der Waals surface area contributed by atoms with E-state index in [9.17, 15) is 0 Å². The first-order chi connectivity index (χ1) is 13.3. The van der Waals surface area contributed by atoms with Gasteiger partial charge in [0.15, 0.2) is 0 Å². The summed E-state index contributed by atoms with van der Waals surface area (Å²) in [5.74, 6) is 3.42. The molecule has 3 aromatic rings. The molecule has 1 aromatic heterocycles. The van der Waals surface area contributed by atoms with Crippen molar-refractivity contribution in [3.05, 3.63) is 53.6 Å². The quantitative estimate of drug-likeness (QED) is 0.659. The Morgan fingerprint density at radius 1 is 0.862 bits per heavy atom. The molecule has 0 bridgehead atoms. The van der Waals surface area contributed by atoms with Crippen LogP contribution in [0.2, 0.25) is 0 Å². The maximum absolute atomic E-state index is 6.13. The van der Waals surface area contributed by atoms with Crippen molar-refractivity contribution in [2.75, 3.05) is 33.3 Å². The van der Waals surface area contributed by atoms with Gasteiger partial charge in [0, 0.05) is 29.6 Å². The minimum atomic E-state index is 0. The number of rotatable bonds is 4. The van der Waals surface area contributed by atoms with Crippen LogP contribution >= 0.6 is 24.8 Å². The van der Waals surface area contributed by atoms with E-state index in [4.69, 9.17) is 9.15 Å². The lowest BCUT2D eigenvalue weighted by molar-refractivity contribution is 0.415. The van der Waals surface area contributed by atoms with Gasteiger partial charge in [-0.1, -0.05) is 0 Å². The first kappa shape index (κ1) is 21.0. The molecule has 2 N–H and O–H groups in total. The van der Waals surface area contributed by atoms with Crippen molar-refractivity contribution >= 4 is 47.5 Å². The molecule has 0 spiro atoms. The zero-order valence-corrected chi connectivity index (χ0v) is 17.5. The number of halogens is 2. The largest absolute Gasteiger partial charge is 0.496 e. The number of amidine groups is 2. The zero-order chi connectivity index (χ0) is 18.2. The summed E-state index contributed by atoms with van der Waals surface area (Å²) in [6, 6.07) is 14.2. The fraction of sp³-hybridized carbons (Fsp3) is 0.238. The third kappa shape index (κ3) is 3.91. The fourth-order valence-corrected chi connectivity index (χ4v) is 3.55. The van der Waals surface area contributed by atoms with Gasteiger partial charge >= 0.3 is 0 Å². The van der Waals surface area contributed by atoms with Gasteiger partial charge in [0.25, 0.3) is 0 Å². The molecule has 0 saturated heterocycles. The summed E-state index contributed by atoms with van der Waals surface area (Å²) < 4.78 is 11.7. The summed E-state index contributed by atoms with van der Waals surface area (Å²) >= 11 is 0. The Labute approximate surface area is 181 Å². The van der Waals surface area contributed by atoms with Gasteiger partial charge in [-0.25, -0.2) is 0 Å². The van der Waals surface area contributed by atoms with Crippen LogP contribution in [0, 0.1) is 0 Å². The molecule has 2 aliphatic heterocycles. The highest BCUT2D eigenvalue weighted by Crippen LogP contribution is 2.35. The molecule has 6 nitrogen and oxygen atoms in total. The monoisotopic (exact) mass is 432 g/mol. The molecular formula is C21H22Cl2N4O2. The number of hydrogen-bond acceptors (Lipinski definition) is 6. The number of fused-ring (bicyclic) bond motifs is 1. The molecular weight excluding hydrogens is 411 g/mol. The van der Waals surface area contributed by atoms with Gasteiger partial charge in [-0.15, -0.1) is 24.8 Å². The molecule has 0 unspecified atom stereocenters. The molecule has 2 aliphatic rings. The van der Waals surface area contributed by atoms with Crippen LogP contribution in [-0.2, 0) is 0 Å². The average molecular weight is 433 g/mol. The van der Waals surface area contributed by atoms with Crippen LogP contribution < -0.4 is 15.4 Å². The molecule has 5 rings (SSSR count). The van der Waals surface area contributed by atoms with Gasteiger partial charge in [0.2, 0.25) is 0 Å². The number of ether oxygens (including phenoxy) is 1. The standard InChI is InChI=1S/C21H20N4O2.2ClH/c1-26-18-5-3-14(21-24-8-9-25-21)11-16(18)19-12-15-10-13(2-4-17(15)27-19)20-22-6-7-23-20;;/h2-5,10-12H,6-9H2,1H3,(H,22,23)(H,24,25);2*1H. The Morgan fingerprint density at radius 2 is 1.52 bits per heavy atom. The maximum Gasteiger partial charge on any atom is 0.139 e. The number of hydrogen-bond donors (Lipinski definition) is 2. The van der Waals surface area contributed by atoms with E-state index in [0.717, 1.165) is 77.0 Å². The Morgan fingerprint density at radius 3 is 2.14 bits per heavy atom. The number of methoxy groups -OCH3 is 1. The SMILES string of the molecule is COc1ccc(C2=NCCN2)cc1-c1cc2cc(C3=NCCN3)ccc2o1.Cl.Cl. The smallest absolute Gasteiger partial charge is 0.139 e. The van der Waals surface area contributed by atoms with E-state index in [1.165, 1.54) is 0 Å². The summed E-state index contributed by atoms with van der Waals surface area (Å²) in [6.45, 7) is 3.40. The number of nitrogens with zero attached hydrogens (tertiary/aromatic N) is 2. The van der Waals surface area contributed by atoms with E-state index < -0.39 is 0 Å². The molecule has 2 aromatic carbocycles. The summed E-state index contributed by atoms with van der Waals surface area (Å²) in [4.78, 5) is 9.00. The van der Waals surface area contributed by atoms with Gasteiger partial charge < -0.3 is 19.8 Å². The van der Waals surface area contributed by atoms with Crippen molar-refractivity contribution in [3.8, 4) is 17.1 Å². The first-order valence-electron chi connectivity index (χ1n) is 9.11. The van der Waals surface area contributed by atoms with Gasteiger partial charge in [0.05, 0.1) is 25.8 Å². The third-order valence-corrected chi connectivity index (χ3v) is 4.88. The summed E-state index contributed by atoms with van der Waals surface area (Å²) in [5.41, 5.74) is 3.88. The second-order valence-corrected chi connectivity index (χ2v) is 6.59. The van der Waals surface area contributed by atoms with E-state index in [2.05, 4.69) is 38.8 Å². The lowest BCUT2D eigenvalue weighted by Gasteiger charge is -2.09. The van der Waals surface area contributed by atoms with Crippen LogP contribution in [-0.4, -0.2) is 45.0 Å². The number of benzene rings is 2. The van der Waals surface area contributed by atoms with Gasteiger partial charge in [-0.2, -0.15) is 0 Å². The Kier molecular flexibility index (Phi) is 6.35. The zero-order valence-electron chi connectivity index (χ0n) is 15.9. The van der Waals surface area contributed by atoms with Crippen molar-refractivity contribution < 1.29 is 9.15 Å². The predicted octanol–water partition coefficient (Wildman–Crippen LogP) is 3.65. The fourth-order valence-electron chi connectivity index (χ4n) is 3.55. The highest BCUT2D eigenvalue weighted by Gasteiger charge is 2.17. The molecule has 29 heavy (non-hydrogen) atoms. The van der Waals surface area contributed by atoms with Crippen LogP contribution in [0.5, 0.6) is 5.75 Å². The molecule has 152 valence electrons. The lowest BCUT2D eigenvalue weighted by Crippen LogP contribution is -2.19. The minimum Gasteiger partial charge on any atom is -0.496 e. The van der Waals surface area contributed by atoms with Crippen molar-refractivity contribution in [3.63, 3.8) is 0 Å². The molecule has 0 fully saturated rings. The van der Waals surface area contributed by atoms with Crippen LogP contribution in [0.25, 0.3) is 22.3 Å². The molecule has 0 amide bonds. The second-order valence-electron chi connectivity index (χ2n) is 6.59. The number of aliphatic imine (C=N–C) groups is 2. The highest BCUT2D eigenvalue weighted by atomic mass is 35.5. The van der Waals surface area contributed by atoms with Gasteiger partial charge in [-0.3, -0.25) is 9.98 Å². The van der Waals surface area contributed by atoms with Crippen molar-refractivity contribution in [2.45, 2.75) is 0 Å².